The average Bonchev–Trinajstić information content (AvgIpc) is 2.70. The van der Waals surface area contributed by atoms with Crippen LogP contribution in [0.4, 0.5) is 22.0 Å². The van der Waals surface area contributed by atoms with Crippen LogP contribution in [0.3, 0.4) is 0 Å². The Morgan fingerprint density at radius 2 is 1.75 bits per heavy atom. The van der Waals surface area contributed by atoms with Crippen molar-refractivity contribution in [1.29, 1.82) is 0 Å². The minimum absolute atomic E-state index is 0.0308. The summed E-state index contributed by atoms with van der Waals surface area (Å²) >= 11 is 0. The zero-order valence-electron chi connectivity index (χ0n) is 17.1. The molecule has 3 nitrogen and oxygen atoms in total. The van der Waals surface area contributed by atoms with Gasteiger partial charge in [0, 0.05) is 23.0 Å². The van der Waals surface area contributed by atoms with E-state index >= 15 is 0 Å². The molecule has 0 atom stereocenters. The molecule has 1 aliphatic heterocycles. The third-order valence-corrected chi connectivity index (χ3v) is 4.96. The van der Waals surface area contributed by atoms with Crippen molar-refractivity contribution in [2.45, 2.75) is 20.0 Å². The van der Waals surface area contributed by atoms with Gasteiger partial charge >= 0.3 is 6.18 Å². The Balaban J connectivity index is 2.09. The molecule has 1 N–H and O–H groups in total. The van der Waals surface area contributed by atoms with Crippen LogP contribution in [-0.2, 0) is 11.0 Å². The average molecular weight is 447 g/mol. The molecule has 1 heterocycles. The van der Waals surface area contributed by atoms with E-state index in [9.17, 15) is 31.9 Å². The summed E-state index contributed by atoms with van der Waals surface area (Å²) in [5.74, 6) is -3.31. The van der Waals surface area contributed by atoms with E-state index in [0.29, 0.717) is 23.4 Å². The predicted molar refractivity (Wildman–Crippen MR) is 111 cm³/mol. The van der Waals surface area contributed by atoms with Crippen molar-refractivity contribution < 1.29 is 31.9 Å². The van der Waals surface area contributed by atoms with E-state index in [1.165, 1.54) is 19.2 Å². The first-order valence-corrected chi connectivity index (χ1v) is 9.36. The maximum absolute atomic E-state index is 14.7. The van der Waals surface area contributed by atoms with Crippen LogP contribution in [0.5, 0.6) is 0 Å². The molecule has 0 radical (unpaired) electrons. The molecule has 0 saturated heterocycles. The van der Waals surface area contributed by atoms with E-state index in [1.54, 1.807) is 19.1 Å². The van der Waals surface area contributed by atoms with Crippen LogP contribution in [0.25, 0.3) is 16.7 Å². The van der Waals surface area contributed by atoms with Crippen LogP contribution in [0.15, 0.2) is 78.4 Å². The number of aliphatic hydroxyl groups is 1. The number of carbonyl (C=O) groups is 1. The van der Waals surface area contributed by atoms with E-state index in [-0.39, 0.29) is 16.7 Å². The van der Waals surface area contributed by atoms with Crippen molar-refractivity contribution in [3.8, 4) is 11.1 Å². The van der Waals surface area contributed by atoms with E-state index in [0.717, 1.165) is 23.1 Å². The van der Waals surface area contributed by atoms with Crippen LogP contribution >= 0.6 is 0 Å². The van der Waals surface area contributed by atoms with Crippen LogP contribution < -0.4 is 0 Å². The fourth-order valence-electron chi connectivity index (χ4n) is 3.24. The summed E-state index contributed by atoms with van der Waals surface area (Å²) in [4.78, 5) is 14.3. The monoisotopic (exact) mass is 447 g/mol. The van der Waals surface area contributed by atoms with Crippen molar-refractivity contribution in [2.24, 2.45) is 0 Å². The van der Waals surface area contributed by atoms with Crippen molar-refractivity contribution in [1.82, 2.24) is 4.90 Å². The number of amides is 1. The van der Waals surface area contributed by atoms with Gasteiger partial charge in [-0.25, -0.2) is 8.78 Å². The molecule has 0 fully saturated rings. The molecular formula is C24H18F5NO2. The second-order valence-electron chi connectivity index (χ2n) is 7.16. The Labute approximate surface area is 181 Å². The van der Waals surface area contributed by atoms with Crippen LogP contribution in [0.2, 0.25) is 0 Å². The van der Waals surface area contributed by atoms with E-state index in [4.69, 9.17) is 0 Å². The van der Waals surface area contributed by atoms with Gasteiger partial charge in [0.25, 0.3) is 5.91 Å². The number of benzene rings is 2. The minimum atomic E-state index is -4.72. The standard InChI is InChI=1S/C24H18F5NO2/c1-13-5-4-10-30(14(13)2)23(32)22(15(3)31)19-11-16(6-9-20(19)25)18-8-7-17(12-21(18)26)24(27,28)29/h4-12,31H,2H2,1,3H3/b22-15+. The smallest absolute Gasteiger partial charge is 0.416 e. The maximum atomic E-state index is 14.7. The molecule has 8 heteroatoms. The third-order valence-electron chi connectivity index (χ3n) is 4.96. The van der Waals surface area contributed by atoms with E-state index in [2.05, 4.69) is 6.58 Å². The number of carbonyl (C=O) groups excluding carboxylic acids is 1. The molecule has 0 aromatic heterocycles. The fraction of sp³-hybridized carbons (Fsp3) is 0.125. The topological polar surface area (TPSA) is 40.5 Å². The molecule has 0 saturated carbocycles. The summed E-state index contributed by atoms with van der Waals surface area (Å²) in [7, 11) is 0. The SMILES string of the molecule is C=C1C(C)=CC=CN1C(=O)/C(=C(\C)O)c1cc(-c2ccc(C(F)(F)F)cc2F)ccc1F. The Morgan fingerprint density at radius 1 is 1.06 bits per heavy atom. The van der Waals surface area contributed by atoms with Gasteiger partial charge in [-0.15, -0.1) is 0 Å². The van der Waals surface area contributed by atoms with Crippen molar-refractivity contribution in [2.75, 3.05) is 0 Å². The number of halogens is 5. The van der Waals surface area contributed by atoms with E-state index < -0.39 is 40.6 Å². The number of hydrogen-bond acceptors (Lipinski definition) is 2. The molecule has 166 valence electrons. The summed E-state index contributed by atoms with van der Waals surface area (Å²) in [6.07, 6.45) is -0.0228. The largest absolute Gasteiger partial charge is 0.512 e. The first-order valence-electron chi connectivity index (χ1n) is 9.36. The lowest BCUT2D eigenvalue weighted by Crippen LogP contribution is -2.28. The molecule has 3 rings (SSSR count). The molecule has 2 aromatic carbocycles. The summed E-state index contributed by atoms with van der Waals surface area (Å²) in [6, 6.07) is 5.20. The van der Waals surface area contributed by atoms with Gasteiger partial charge in [-0.2, -0.15) is 13.2 Å². The number of hydrogen-bond donors (Lipinski definition) is 1. The number of allylic oxidation sites excluding steroid dienone is 4. The number of nitrogens with zero attached hydrogens (tertiary/aromatic N) is 1. The molecule has 0 unspecified atom stereocenters. The van der Waals surface area contributed by atoms with Gasteiger partial charge in [0.1, 0.15) is 17.4 Å². The van der Waals surface area contributed by atoms with Crippen molar-refractivity contribution >= 4 is 11.5 Å². The van der Waals surface area contributed by atoms with Crippen molar-refractivity contribution in [3.63, 3.8) is 0 Å². The normalized spacial score (nSPS) is 14.9. The summed E-state index contributed by atoms with van der Waals surface area (Å²) in [5.41, 5.74) is -1.08. The van der Waals surface area contributed by atoms with Gasteiger partial charge in [-0.3, -0.25) is 9.69 Å². The first kappa shape index (κ1) is 23.0. The molecule has 1 amide bonds. The second-order valence-corrected chi connectivity index (χ2v) is 7.16. The highest BCUT2D eigenvalue weighted by molar-refractivity contribution is 6.21. The van der Waals surface area contributed by atoms with Crippen LogP contribution in [0, 0.1) is 11.6 Å². The fourth-order valence-corrected chi connectivity index (χ4v) is 3.24. The molecule has 0 spiro atoms. The Morgan fingerprint density at radius 3 is 2.34 bits per heavy atom. The number of alkyl halides is 3. The van der Waals surface area contributed by atoms with E-state index in [1.807, 2.05) is 0 Å². The Bertz CT molecular complexity index is 1200. The Hall–Kier alpha value is -3.68. The Kier molecular flexibility index (Phi) is 6.07. The van der Waals surface area contributed by atoms with Gasteiger partial charge in [0.15, 0.2) is 0 Å². The van der Waals surface area contributed by atoms with Gasteiger partial charge < -0.3 is 5.11 Å². The molecule has 0 aliphatic carbocycles. The molecular weight excluding hydrogens is 429 g/mol. The molecule has 0 bridgehead atoms. The zero-order valence-corrected chi connectivity index (χ0v) is 17.1. The molecule has 2 aromatic rings. The van der Waals surface area contributed by atoms with Crippen LogP contribution in [0.1, 0.15) is 25.0 Å². The summed E-state index contributed by atoms with van der Waals surface area (Å²) < 4.78 is 67.6. The number of rotatable bonds is 3. The summed E-state index contributed by atoms with van der Waals surface area (Å²) in [5, 5.41) is 10.2. The van der Waals surface area contributed by atoms with Gasteiger partial charge in [0.05, 0.1) is 11.1 Å². The quantitative estimate of drug-likeness (QED) is 0.321. The minimum Gasteiger partial charge on any atom is -0.512 e. The third kappa shape index (κ3) is 4.34. The highest BCUT2D eigenvalue weighted by atomic mass is 19.4. The van der Waals surface area contributed by atoms with Crippen LogP contribution in [-0.4, -0.2) is 15.9 Å². The maximum Gasteiger partial charge on any atom is 0.416 e. The van der Waals surface area contributed by atoms with Gasteiger partial charge in [-0.1, -0.05) is 24.8 Å². The second kappa shape index (κ2) is 8.45. The molecule has 32 heavy (non-hydrogen) atoms. The first-order chi connectivity index (χ1) is 14.9. The zero-order chi connectivity index (χ0) is 23.8. The number of aliphatic hydroxyl groups excluding tert-OH is 1. The summed E-state index contributed by atoms with van der Waals surface area (Å²) in [6.45, 7) is 6.72. The lowest BCUT2D eigenvalue weighted by molar-refractivity contribution is -0.137. The highest BCUT2D eigenvalue weighted by Crippen LogP contribution is 2.35. The lowest BCUT2D eigenvalue weighted by Gasteiger charge is -2.25. The van der Waals surface area contributed by atoms with Crippen molar-refractivity contribution in [3.05, 3.63) is 101 Å². The lowest BCUT2D eigenvalue weighted by atomic mass is 9.95. The highest BCUT2D eigenvalue weighted by Gasteiger charge is 2.31. The molecule has 1 aliphatic rings. The predicted octanol–water partition coefficient (Wildman–Crippen LogP) is 6.76. The van der Waals surface area contributed by atoms with Gasteiger partial charge in [0.2, 0.25) is 0 Å². The van der Waals surface area contributed by atoms with Gasteiger partial charge in [-0.05, 0) is 55.3 Å².